The normalized spacial score (nSPS) is 14.8. The first-order valence-electron chi connectivity index (χ1n) is 5.62. The van der Waals surface area contributed by atoms with Gasteiger partial charge in [0.25, 0.3) is 5.89 Å². The molecule has 2 aromatic rings. The number of nitrogens with zero attached hydrogens (tertiary/aromatic N) is 2. The minimum atomic E-state index is -0.317. The van der Waals surface area contributed by atoms with Gasteiger partial charge in [-0.05, 0) is 47.0 Å². The molecule has 0 spiro atoms. The number of ether oxygens (including phenoxy) is 1. The summed E-state index contributed by atoms with van der Waals surface area (Å²) in [7, 11) is 0. The molecule has 0 saturated heterocycles. The van der Waals surface area contributed by atoms with E-state index in [1.807, 2.05) is 0 Å². The first kappa shape index (κ1) is 11.6. The molecule has 1 aliphatic rings. The number of benzene rings is 1. The van der Waals surface area contributed by atoms with Crippen LogP contribution in [0.3, 0.4) is 0 Å². The van der Waals surface area contributed by atoms with Crippen LogP contribution < -0.4 is 4.74 Å². The zero-order valence-corrected chi connectivity index (χ0v) is 11.0. The van der Waals surface area contributed by atoms with E-state index in [1.54, 1.807) is 6.07 Å². The Labute approximate surface area is 111 Å². The first-order chi connectivity index (χ1) is 8.72. The minimum Gasteiger partial charge on any atom is -0.483 e. The van der Waals surface area contributed by atoms with Crippen LogP contribution in [0.25, 0.3) is 0 Å². The highest BCUT2D eigenvalue weighted by molar-refractivity contribution is 9.10. The lowest BCUT2D eigenvalue weighted by Crippen LogP contribution is -1.96. The van der Waals surface area contributed by atoms with Gasteiger partial charge in [0.2, 0.25) is 5.89 Å². The van der Waals surface area contributed by atoms with Gasteiger partial charge in [0, 0.05) is 5.92 Å². The standard InChI is InChI=1S/C12H10BrFN2O2/c13-9-5-8(14)3-4-10(9)17-6-11-15-16-12(18-11)7-1-2-7/h3-5,7H,1-2,6H2. The van der Waals surface area contributed by atoms with E-state index in [2.05, 4.69) is 26.1 Å². The van der Waals surface area contributed by atoms with E-state index in [4.69, 9.17) is 9.15 Å². The molecule has 6 heteroatoms. The molecular weight excluding hydrogens is 303 g/mol. The van der Waals surface area contributed by atoms with Crippen LogP contribution in [0, 0.1) is 5.82 Å². The fourth-order valence-electron chi connectivity index (χ4n) is 1.55. The maximum atomic E-state index is 12.9. The Morgan fingerprint density at radius 2 is 2.22 bits per heavy atom. The van der Waals surface area contributed by atoms with Crippen LogP contribution >= 0.6 is 15.9 Å². The minimum absolute atomic E-state index is 0.184. The fraction of sp³-hybridized carbons (Fsp3) is 0.333. The number of hydrogen-bond donors (Lipinski definition) is 0. The van der Waals surface area contributed by atoms with E-state index in [-0.39, 0.29) is 12.4 Å². The molecule has 1 fully saturated rings. The lowest BCUT2D eigenvalue weighted by atomic mass is 10.3. The third kappa shape index (κ3) is 2.53. The highest BCUT2D eigenvalue weighted by atomic mass is 79.9. The molecule has 1 saturated carbocycles. The fourth-order valence-corrected chi connectivity index (χ4v) is 2.02. The summed E-state index contributed by atoms with van der Waals surface area (Å²) in [6.07, 6.45) is 2.23. The van der Waals surface area contributed by atoms with E-state index in [0.717, 1.165) is 12.8 Å². The van der Waals surface area contributed by atoms with Crippen molar-refractivity contribution in [3.63, 3.8) is 0 Å². The Bertz CT molecular complexity index is 569. The molecule has 1 heterocycles. The molecule has 0 N–H and O–H groups in total. The maximum absolute atomic E-state index is 12.9. The highest BCUT2D eigenvalue weighted by Crippen LogP contribution is 2.39. The molecule has 0 unspecified atom stereocenters. The quantitative estimate of drug-likeness (QED) is 0.868. The number of aromatic nitrogens is 2. The van der Waals surface area contributed by atoms with Crippen LogP contribution in [0.2, 0.25) is 0 Å². The molecule has 3 rings (SSSR count). The van der Waals surface area contributed by atoms with Gasteiger partial charge in [-0.15, -0.1) is 10.2 Å². The summed E-state index contributed by atoms with van der Waals surface area (Å²) in [5.74, 6) is 1.79. The van der Waals surface area contributed by atoms with Crippen molar-refractivity contribution in [2.75, 3.05) is 0 Å². The van der Waals surface area contributed by atoms with Crippen molar-refractivity contribution in [2.24, 2.45) is 0 Å². The van der Waals surface area contributed by atoms with Crippen LogP contribution in [-0.4, -0.2) is 10.2 Å². The van der Waals surface area contributed by atoms with Gasteiger partial charge in [-0.25, -0.2) is 4.39 Å². The van der Waals surface area contributed by atoms with Crippen molar-refractivity contribution in [3.05, 3.63) is 40.3 Å². The molecule has 4 nitrogen and oxygen atoms in total. The topological polar surface area (TPSA) is 48.2 Å². The summed E-state index contributed by atoms with van der Waals surface area (Å²) in [5, 5.41) is 7.87. The maximum Gasteiger partial charge on any atom is 0.253 e. The van der Waals surface area contributed by atoms with Crippen LogP contribution in [0.4, 0.5) is 4.39 Å². The monoisotopic (exact) mass is 312 g/mol. The van der Waals surface area contributed by atoms with E-state index >= 15 is 0 Å². The Balaban J connectivity index is 1.65. The molecule has 1 aromatic heterocycles. The van der Waals surface area contributed by atoms with Gasteiger partial charge in [-0.3, -0.25) is 0 Å². The predicted octanol–water partition coefficient (Wildman–Crippen LogP) is 3.43. The summed E-state index contributed by atoms with van der Waals surface area (Å²) >= 11 is 3.23. The number of rotatable bonds is 4. The lowest BCUT2D eigenvalue weighted by Gasteiger charge is -2.05. The van der Waals surface area contributed by atoms with Gasteiger partial charge in [0.1, 0.15) is 11.6 Å². The summed E-state index contributed by atoms with van der Waals surface area (Å²) < 4.78 is 24.4. The summed E-state index contributed by atoms with van der Waals surface area (Å²) in [4.78, 5) is 0. The van der Waals surface area contributed by atoms with Crippen LogP contribution in [0.5, 0.6) is 5.75 Å². The van der Waals surface area contributed by atoms with Crippen molar-refractivity contribution in [3.8, 4) is 5.75 Å². The van der Waals surface area contributed by atoms with Gasteiger partial charge < -0.3 is 9.15 Å². The van der Waals surface area contributed by atoms with Crippen molar-refractivity contribution in [1.29, 1.82) is 0 Å². The van der Waals surface area contributed by atoms with Crippen LogP contribution in [0.15, 0.2) is 27.1 Å². The molecule has 0 aliphatic heterocycles. The third-order valence-corrected chi connectivity index (χ3v) is 3.27. The zero-order valence-electron chi connectivity index (χ0n) is 9.40. The van der Waals surface area contributed by atoms with Crippen molar-refractivity contribution < 1.29 is 13.5 Å². The SMILES string of the molecule is Fc1ccc(OCc2nnc(C3CC3)o2)c(Br)c1. The highest BCUT2D eigenvalue weighted by Gasteiger charge is 2.29. The zero-order chi connectivity index (χ0) is 12.5. The van der Waals surface area contributed by atoms with Crippen LogP contribution in [-0.2, 0) is 6.61 Å². The van der Waals surface area contributed by atoms with Crippen molar-refractivity contribution in [1.82, 2.24) is 10.2 Å². The average molecular weight is 313 g/mol. The van der Waals surface area contributed by atoms with Gasteiger partial charge in [0.05, 0.1) is 4.47 Å². The Kier molecular flexibility index (Phi) is 3.03. The molecule has 0 amide bonds. The van der Waals surface area contributed by atoms with E-state index in [9.17, 15) is 4.39 Å². The van der Waals surface area contributed by atoms with Gasteiger partial charge in [-0.1, -0.05) is 0 Å². The summed E-state index contributed by atoms with van der Waals surface area (Å²) in [6.45, 7) is 0.184. The smallest absolute Gasteiger partial charge is 0.253 e. The first-order valence-corrected chi connectivity index (χ1v) is 6.42. The third-order valence-electron chi connectivity index (χ3n) is 2.65. The average Bonchev–Trinajstić information content (AvgIpc) is 3.08. The lowest BCUT2D eigenvalue weighted by molar-refractivity contribution is 0.257. The summed E-state index contributed by atoms with van der Waals surface area (Å²) in [6, 6.07) is 4.24. The molecular formula is C12H10BrFN2O2. The van der Waals surface area contributed by atoms with Crippen molar-refractivity contribution in [2.45, 2.75) is 25.4 Å². The van der Waals surface area contributed by atoms with Gasteiger partial charge in [-0.2, -0.15) is 0 Å². The Morgan fingerprint density at radius 1 is 1.39 bits per heavy atom. The molecule has 0 atom stereocenters. The Morgan fingerprint density at radius 3 is 2.94 bits per heavy atom. The summed E-state index contributed by atoms with van der Waals surface area (Å²) in [5.41, 5.74) is 0. The number of hydrogen-bond acceptors (Lipinski definition) is 4. The number of halogens is 2. The van der Waals surface area contributed by atoms with Crippen LogP contribution in [0.1, 0.15) is 30.5 Å². The second kappa shape index (κ2) is 4.68. The van der Waals surface area contributed by atoms with E-state index < -0.39 is 0 Å². The largest absolute Gasteiger partial charge is 0.483 e. The second-order valence-electron chi connectivity index (χ2n) is 4.17. The van der Waals surface area contributed by atoms with Crippen molar-refractivity contribution >= 4 is 15.9 Å². The van der Waals surface area contributed by atoms with E-state index in [1.165, 1.54) is 12.1 Å². The molecule has 1 aromatic carbocycles. The Hall–Kier alpha value is -1.43. The molecule has 94 valence electrons. The molecule has 1 aliphatic carbocycles. The molecule has 0 bridgehead atoms. The van der Waals surface area contributed by atoms with E-state index in [0.29, 0.717) is 27.9 Å². The van der Waals surface area contributed by atoms with Gasteiger partial charge in [0.15, 0.2) is 6.61 Å². The molecule has 18 heavy (non-hydrogen) atoms. The molecule has 0 radical (unpaired) electrons. The second-order valence-corrected chi connectivity index (χ2v) is 5.03. The predicted molar refractivity (Wildman–Crippen MR) is 64.7 cm³/mol. The van der Waals surface area contributed by atoms with Gasteiger partial charge >= 0.3 is 0 Å².